The van der Waals surface area contributed by atoms with Gasteiger partial charge in [0.15, 0.2) is 0 Å². The molecule has 0 amide bonds. The summed E-state index contributed by atoms with van der Waals surface area (Å²) in [5, 5.41) is 0. The van der Waals surface area contributed by atoms with Gasteiger partial charge < -0.3 is 9.47 Å². The molecule has 0 aliphatic heterocycles. The Morgan fingerprint density at radius 2 is 1.45 bits per heavy atom. The van der Waals surface area contributed by atoms with Gasteiger partial charge in [0.05, 0.1) is 5.60 Å². The molecule has 0 aromatic rings. The number of unbranched alkanes of at least 4 members (excludes halogenated alkanes) is 5. The van der Waals surface area contributed by atoms with Gasteiger partial charge in [-0.15, -0.1) is 6.58 Å². The van der Waals surface area contributed by atoms with E-state index in [0.29, 0.717) is 5.92 Å². The zero-order valence-electron chi connectivity index (χ0n) is 16.2. The van der Waals surface area contributed by atoms with Crippen molar-refractivity contribution in [1.82, 2.24) is 0 Å². The Kier molecular flexibility index (Phi) is 18.5. The summed E-state index contributed by atoms with van der Waals surface area (Å²) in [4.78, 5) is 0. The lowest BCUT2D eigenvalue weighted by Crippen LogP contribution is -2.33. The highest BCUT2D eigenvalue weighted by Crippen LogP contribution is 2.30. The predicted octanol–water partition coefficient (Wildman–Crippen LogP) is 6.40. The van der Waals surface area contributed by atoms with Crippen LogP contribution in [0.5, 0.6) is 0 Å². The molecule has 0 N–H and O–H groups in total. The molecule has 0 heterocycles. The van der Waals surface area contributed by atoms with Gasteiger partial charge in [-0.05, 0) is 46.0 Å². The van der Waals surface area contributed by atoms with Crippen LogP contribution in [0, 0.1) is 5.92 Å². The van der Waals surface area contributed by atoms with Crippen molar-refractivity contribution in [3.8, 4) is 0 Å². The monoisotopic (exact) mass is 314 g/mol. The number of hydrogen-bond donors (Lipinski definition) is 0. The molecule has 1 atom stereocenters. The minimum absolute atomic E-state index is 0.00282. The summed E-state index contributed by atoms with van der Waals surface area (Å²) < 4.78 is 10.9. The molecule has 0 aromatic carbocycles. The summed E-state index contributed by atoms with van der Waals surface area (Å²) >= 11 is 0. The zero-order chi connectivity index (χ0) is 17.3. The lowest BCUT2D eigenvalue weighted by molar-refractivity contribution is -0.0365. The average molecular weight is 315 g/mol. The summed E-state index contributed by atoms with van der Waals surface area (Å²) in [6.07, 6.45) is 13.6. The number of methoxy groups -OCH3 is 2. The van der Waals surface area contributed by atoms with E-state index in [1.807, 2.05) is 14.0 Å². The van der Waals surface area contributed by atoms with Gasteiger partial charge in [-0.2, -0.15) is 0 Å². The minimum Gasteiger partial charge on any atom is -0.385 e. The van der Waals surface area contributed by atoms with Crippen LogP contribution in [0.25, 0.3) is 0 Å². The van der Waals surface area contributed by atoms with Gasteiger partial charge in [-0.1, -0.05) is 51.5 Å². The fraction of sp³-hybridized carbons (Fsp3) is 0.900. The molecule has 0 bridgehead atoms. The third-order valence-corrected chi connectivity index (χ3v) is 4.32. The molecule has 22 heavy (non-hydrogen) atoms. The maximum Gasteiger partial charge on any atom is 0.0650 e. The largest absolute Gasteiger partial charge is 0.385 e. The summed E-state index contributed by atoms with van der Waals surface area (Å²) in [5.41, 5.74) is -0.00282. The van der Waals surface area contributed by atoms with Gasteiger partial charge in [0.2, 0.25) is 0 Å². The second-order valence-corrected chi connectivity index (χ2v) is 6.60. The van der Waals surface area contributed by atoms with Crippen molar-refractivity contribution >= 4 is 0 Å². The quantitative estimate of drug-likeness (QED) is 0.289. The van der Waals surface area contributed by atoms with Crippen molar-refractivity contribution in [3.63, 3.8) is 0 Å². The molecule has 0 aliphatic carbocycles. The topological polar surface area (TPSA) is 18.5 Å². The van der Waals surface area contributed by atoms with Crippen molar-refractivity contribution in [2.24, 2.45) is 5.92 Å². The van der Waals surface area contributed by atoms with Crippen LogP contribution in [0.4, 0.5) is 0 Å². The Bertz CT molecular complexity index is 224. The van der Waals surface area contributed by atoms with E-state index in [2.05, 4.69) is 27.4 Å². The van der Waals surface area contributed by atoms with Crippen LogP contribution in [-0.4, -0.2) is 26.4 Å². The van der Waals surface area contributed by atoms with Gasteiger partial charge in [-0.3, -0.25) is 0 Å². The van der Waals surface area contributed by atoms with Crippen LogP contribution < -0.4 is 0 Å². The highest BCUT2D eigenvalue weighted by molar-refractivity contribution is 4.79. The second-order valence-electron chi connectivity index (χ2n) is 6.60. The fourth-order valence-corrected chi connectivity index (χ4v) is 2.65. The maximum atomic E-state index is 5.69. The van der Waals surface area contributed by atoms with Crippen molar-refractivity contribution in [2.45, 2.75) is 91.1 Å². The van der Waals surface area contributed by atoms with E-state index < -0.39 is 0 Å². The first-order valence-corrected chi connectivity index (χ1v) is 9.11. The van der Waals surface area contributed by atoms with Gasteiger partial charge >= 0.3 is 0 Å². The molecule has 0 saturated carbocycles. The molecule has 0 saturated heterocycles. The molecule has 0 aliphatic rings. The normalized spacial score (nSPS) is 12.5. The van der Waals surface area contributed by atoms with Gasteiger partial charge in [-0.25, -0.2) is 0 Å². The number of allylic oxidation sites excluding steroid dienone is 1. The molecule has 2 heteroatoms. The standard InChI is InChI=1S/C17H36O2.C3H6/c1-6-7-8-9-10-11-13-16(14-12-15-18-4)17(2,3)19-5;1-3-2/h16H,6-15H2,1-5H3;3H,1H2,2H3. The van der Waals surface area contributed by atoms with Crippen LogP contribution in [0.3, 0.4) is 0 Å². The van der Waals surface area contributed by atoms with Crippen LogP contribution in [0.15, 0.2) is 12.7 Å². The number of rotatable bonds is 13. The fourth-order valence-electron chi connectivity index (χ4n) is 2.65. The molecule has 0 rings (SSSR count). The maximum absolute atomic E-state index is 5.69. The summed E-state index contributed by atoms with van der Waals surface area (Å²) in [6, 6.07) is 0. The lowest BCUT2D eigenvalue weighted by atomic mass is 9.82. The molecule has 134 valence electrons. The summed E-state index contributed by atoms with van der Waals surface area (Å²) in [7, 11) is 3.62. The third-order valence-electron chi connectivity index (χ3n) is 4.32. The van der Waals surface area contributed by atoms with Crippen molar-refractivity contribution < 1.29 is 9.47 Å². The highest BCUT2D eigenvalue weighted by Gasteiger charge is 2.28. The summed E-state index contributed by atoms with van der Waals surface area (Å²) in [5.74, 6) is 0.652. The van der Waals surface area contributed by atoms with E-state index >= 15 is 0 Å². The molecular formula is C20H42O2. The zero-order valence-corrected chi connectivity index (χ0v) is 16.2. The molecule has 0 spiro atoms. The Morgan fingerprint density at radius 1 is 0.955 bits per heavy atom. The van der Waals surface area contributed by atoms with Crippen molar-refractivity contribution in [3.05, 3.63) is 12.7 Å². The molecule has 0 radical (unpaired) electrons. The third kappa shape index (κ3) is 14.6. The molecule has 0 aromatic heterocycles. The minimum atomic E-state index is -0.00282. The second kappa shape index (κ2) is 17.0. The first-order chi connectivity index (χ1) is 10.5. The Morgan fingerprint density at radius 3 is 1.95 bits per heavy atom. The molecular weight excluding hydrogens is 272 g/mol. The van der Waals surface area contributed by atoms with Crippen LogP contribution in [-0.2, 0) is 9.47 Å². The molecule has 2 nitrogen and oxygen atoms in total. The predicted molar refractivity (Wildman–Crippen MR) is 99.6 cm³/mol. The SMILES string of the molecule is C=CC.CCCCCCCCC(CCCOC)C(C)(C)OC. The highest BCUT2D eigenvalue weighted by atomic mass is 16.5. The van der Waals surface area contributed by atoms with Gasteiger partial charge in [0.1, 0.15) is 0 Å². The van der Waals surface area contributed by atoms with Crippen molar-refractivity contribution in [1.29, 1.82) is 0 Å². The Labute approximate surface area is 140 Å². The Hall–Kier alpha value is -0.340. The molecule has 0 fully saturated rings. The smallest absolute Gasteiger partial charge is 0.0650 e. The first-order valence-electron chi connectivity index (χ1n) is 9.11. The Balaban J connectivity index is 0. The van der Waals surface area contributed by atoms with E-state index in [4.69, 9.17) is 9.47 Å². The number of ether oxygens (including phenoxy) is 2. The van der Waals surface area contributed by atoms with Crippen LogP contribution in [0.1, 0.15) is 85.5 Å². The van der Waals surface area contributed by atoms with E-state index in [-0.39, 0.29) is 5.60 Å². The molecule has 1 unspecified atom stereocenters. The van der Waals surface area contributed by atoms with Gasteiger partial charge in [0.25, 0.3) is 0 Å². The number of hydrogen-bond acceptors (Lipinski definition) is 2. The van der Waals surface area contributed by atoms with E-state index in [0.717, 1.165) is 13.0 Å². The van der Waals surface area contributed by atoms with Gasteiger partial charge in [0, 0.05) is 20.8 Å². The van der Waals surface area contributed by atoms with Crippen LogP contribution >= 0.6 is 0 Å². The first kappa shape index (κ1) is 23.9. The van der Waals surface area contributed by atoms with E-state index in [1.54, 1.807) is 13.2 Å². The summed E-state index contributed by atoms with van der Waals surface area (Å²) in [6.45, 7) is 12.8. The van der Waals surface area contributed by atoms with E-state index in [1.165, 1.54) is 51.4 Å². The van der Waals surface area contributed by atoms with Crippen LogP contribution in [0.2, 0.25) is 0 Å². The van der Waals surface area contributed by atoms with E-state index in [9.17, 15) is 0 Å². The van der Waals surface area contributed by atoms with Crippen molar-refractivity contribution in [2.75, 3.05) is 20.8 Å². The average Bonchev–Trinajstić information content (AvgIpc) is 2.49. The lowest BCUT2D eigenvalue weighted by Gasteiger charge is -2.33.